The first-order valence-electron chi connectivity index (χ1n) is 7.74. The van der Waals surface area contributed by atoms with E-state index < -0.39 is 11.7 Å². The van der Waals surface area contributed by atoms with E-state index in [0.29, 0.717) is 12.1 Å². The lowest BCUT2D eigenvalue weighted by Crippen LogP contribution is -2.36. The summed E-state index contributed by atoms with van der Waals surface area (Å²) in [5.41, 5.74) is 0.578. The van der Waals surface area contributed by atoms with E-state index in [-0.39, 0.29) is 19.0 Å². The Morgan fingerprint density at radius 3 is 2.48 bits per heavy atom. The number of carbonyl (C=O) groups excluding carboxylic acids is 1. The highest BCUT2D eigenvalue weighted by atomic mass is 19.4. The van der Waals surface area contributed by atoms with Gasteiger partial charge in [0, 0.05) is 26.3 Å². The summed E-state index contributed by atoms with van der Waals surface area (Å²) in [5, 5.41) is 0. The molecule has 1 heterocycles. The zero-order valence-electron chi connectivity index (χ0n) is 14.1. The molecule has 0 fully saturated rings. The fourth-order valence-electron chi connectivity index (χ4n) is 2.38. The van der Waals surface area contributed by atoms with Crippen LogP contribution in [0.25, 0.3) is 0 Å². The van der Waals surface area contributed by atoms with Crippen molar-refractivity contribution in [2.75, 3.05) is 20.6 Å². The van der Waals surface area contributed by atoms with Crippen LogP contribution in [0.5, 0.6) is 0 Å². The zero-order chi connectivity index (χ0) is 18.4. The van der Waals surface area contributed by atoms with Crippen molar-refractivity contribution in [1.29, 1.82) is 0 Å². The Labute approximate surface area is 144 Å². The molecular weight excluding hydrogens is 331 g/mol. The number of hydrogen-bond donors (Lipinski definition) is 0. The maximum absolute atomic E-state index is 12.7. The molecule has 0 N–H and O–H groups in total. The lowest BCUT2D eigenvalue weighted by Gasteiger charge is -2.22. The smallest absolute Gasteiger partial charge is 0.340 e. The number of aromatic nitrogens is 1. The maximum atomic E-state index is 12.7. The van der Waals surface area contributed by atoms with Gasteiger partial charge < -0.3 is 4.90 Å². The van der Waals surface area contributed by atoms with Gasteiger partial charge in [0.1, 0.15) is 0 Å². The molecule has 1 aromatic heterocycles. The molecule has 7 heteroatoms. The van der Waals surface area contributed by atoms with Crippen molar-refractivity contribution in [3.63, 3.8) is 0 Å². The molecule has 25 heavy (non-hydrogen) atoms. The molecule has 0 unspecified atom stereocenters. The molecule has 2 rings (SSSR count). The highest BCUT2D eigenvalue weighted by molar-refractivity contribution is 5.77. The number of hydrogen-bond acceptors (Lipinski definition) is 3. The third-order valence-corrected chi connectivity index (χ3v) is 3.66. The third-order valence-electron chi connectivity index (χ3n) is 3.66. The van der Waals surface area contributed by atoms with Crippen LogP contribution in [0, 0.1) is 0 Å². The number of carbonyl (C=O) groups is 1. The number of amides is 1. The predicted octanol–water partition coefficient (Wildman–Crippen LogP) is 3.19. The molecule has 0 atom stereocenters. The first-order valence-corrected chi connectivity index (χ1v) is 7.74. The molecule has 1 aromatic carbocycles. The van der Waals surface area contributed by atoms with Gasteiger partial charge in [0.2, 0.25) is 5.91 Å². The maximum Gasteiger partial charge on any atom is 0.416 e. The Balaban J connectivity index is 1.92. The number of likely N-dealkylation sites (N-methyl/N-ethyl adjacent to an activating group) is 2. The molecule has 0 aliphatic heterocycles. The van der Waals surface area contributed by atoms with Gasteiger partial charge in [0.05, 0.1) is 17.8 Å². The van der Waals surface area contributed by atoms with Crippen LogP contribution in [0.1, 0.15) is 16.8 Å². The van der Waals surface area contributed by atoms with E-state index in [2.05, 4.69) is 4.98 Å². The van der Waals surface area contributed by atoms with Crippen molar-refractivity contribution in [2.45, 2.75) is 19.3 Å². The van der Waals surface area contributed by atoms with Gasteiger partial charge in [-0.05, 0) is 36.9 Å². The van der Waals surface area contributed by atoms with E-state index in [9.17, 15) is 18.0 Å². The SMILES string of the molecule is CN(CC(=O)N(C)Cc1cccc(C(F)(F)F)c1)Cc1ccccn1. The van der Waals surface area contributed by atoms with Crippen molar-refractivity contribution in [3.05, 3.63) is 65.5 Å². The standard InChI is InChI=1S/C18H20F3N3O/c1-23(12-16-8-3-4-9-22-16)13-17(25)24(2)11-14-6-5-7-15(10-14)18(19,20)21/h3-10H,11-13H2,1-2H3. The summed E-state index contributed by atoms with van der Waals surface area (Å²) in [4.78, 5) is 19.7. The van der Waals surface area contributed by atoms with Gasteiger partial charge in [0.25, 0.3) is 0 Å². The second-order valence-electron chi connectivity index (χ2n) is 5.94. The normalized spacial score (nSPS) is 11.6. The molecule has 0 saturated carbocycles. The summed E-state index contributed by atoms with van der Waals surface area (Å²) in [7, 11) is 3.38. The number of pyridine rings is 1. The molecule has 0 aliphatic rings. The van der Waals surface area contributed by atoms with E-state index in [1.165, 1.54) is 11.0 Å². The minimum absolute atomic E-state index is 0.125. The van der Waals surface area contributed by atoms with Gasteiger partial charge in [-0.25, -0.2) is 0 Å². The molecule has 4 nitrogen and oxygen atoms in total. The Morgan fingerprint density at radius 1 is 1.08 bits per heavy atom. The van der Waals surface area contributed by atoms with E-state index in [0.717, 1.165) is 17.8 Å². The molecule has 0 spiro atoms. The largest absolute Gasteiger partial charge is 0.416 e. The third kappa shape index (κ3) is 5.86. The van der Waals surface area contributed by atoms with Gasteiger partial charge >= 0.3 is 6.18 Å². The molecule has 0 aliphatic carbocycles. The molecular formula is C18H20F3N3O. The summed E-state index contributed by atoms with van der Waals surface area (Å²) in [5.74, 6) is -0.171. The van der Waals surface area contributed by atoms with Crippen molar-refractivity contribution in [2.24, 2.45) is 0 Å². The Morgan fingerprint density at radius 2 is 1.84 bits per heavy atom. The van der Waals surface area contributed by atoms with Gasteiger partial charge in [0.15, 0.2) is 0 Å². The predicted molar refractivity (Wildman–Crippen MR) is 88.5 cm³/mol. The topological polar surface area (TPSA) is 36.4 Å². The van der Waals surface area contributed by atoms with E-state index in [1.807, 2.05) is 23.1 Å². The molecule has 0 radical (unpaired) electrons. The average Bonchev–Trinajstić information content (AvgIpc) is 2.55. The van der Waals surface area contributed by atoms with Crippen LogP contribution in [0.4, 0.5) is 13.2 Å². The second kappa shape index (κ2) is 8.11. The van der Waals surface area contributed by atoms with Crippen molar-refractivity contribution < 1.29 is 18.0 Å². The minimum atomic E-state index is -4.39. The number of benzene rings is 1. The summed E-state index contributed by atoms with van der Waals surface area (Å²) in [6.07, 6.45) is -2.70. The van der Waals surface area contributed by atoms with Crippen molar-refractivity contribution in [1.82, 2.24) is 14.8 Å². The van der Waals surface area contributed by atoms with Crippen LogP contribution in [-0.2, 0) is 24.1 Å². The van der Waals surface area contributed by atoms with E-state index in [1.54, 1.807) is 26.4 Å². The molecule has 0 saturated heterocycles. The van der Waals surface area contributed by atoms with Crippen LogP contribution >= 0.6 is 0 Å². The Kier molecular flexibility index (Phi) is 6.14. The van der Waals surface area contributed by atoms with Gasteiger partial charge in [-0.1, -0.05) is 18.2 Å². The van der Waals surface area contributed by atoms with Crippen molar-refractivity contribution in [3.8, 4) is 0 Å². The minimum Gasteiger partial charge on any atom is -0.340 e. The van der Waals surface area contributed by atoms with Crippen LogP contribution in [0.2, 0.25) is 0 Å². The average molecular weight is 351 g/mol. The zero-order valence-corrected chi connectivity index (χ0v) is 14.1. The van der Waals surface area contributed by atoms with Crippen LogP contribution in [0.15, 0.2) is 48.7 Å². The fourth-order valence-corrected chi connectivity index (χ4v) is 2.38. The summed E-state index contributed by atoms with van der Waals surface area (Å²) >= 11 is 0. The lowest BCUT2D eigenvalue weighted by molar-refractivity contribution is -0.137. The van der Waals surface area contributed by atoms with E-state index >= 15 is 0 Å². The van der Waals surface area contributed by atoms with Gasteiger partial charge in [-0.15, -0.1) is 0 Å². The van der Waals surface area contributed by atoms with Crippen LogP contribution < -0.4 is 0 Å². The molecule has 1 amide bonds. The Hall–Kier alpha value is -2.41. The highest BCUT2D eigenvalue weighted by Gasteiger charge is 2.30. The number of nitrogens with zero attached hydrogens (tertiary/aromatic N) is 3. The quantitative estimate of drug-likeness (QED) is 0.802. The molecule has 2 aromatic rings. The number of alkyl halides is 3. The summed E-state index contributed by atoms with van der Waals surface area (Å²) in [6.45, 7) is 0.802. The van der Waals surface area contributed by atoms with E-state index in [4.69, 9.17) is 0 Å². The summed E-state index contributed by atoms with van der Waals surface area (Å²) in [6, 6.07) is 10.6. The monoisotopic (exact) mass is 351 g/mol. The second-order valence-corrected chi connectivity index (χ2v) is 5.94. The fraction of sp³-hybridized carbons (Fsp3) is 0.333. The first kappa shape index (κ1) is 18.9. The van der Waals surface area contributed by atoms with Gasteiger partial charge in [-0.3, -0.25) is 14.7 Å². The number of rotatable bonds is 6. The summed E-state index contributed by atoms with van der Waals surface area (Å²) < 4.78 is 38.2. The van der Waals surface area contributed by atoms with Gasteiger partial charge in [-0.2, -0.15) is 13.2 Å². The number of halogens is 3. The molecule has 134 valence electrons. The van der Waals surface area contributed by atoms with Crippen LogP contribution in [0.3, 0.4) is 0 Å². The van der Waals surface area contributed by atoms with Crippen LogP contribution in [-0.4, -0.2) is 41.3 Å². The van der Waals surface area contributed by atoms with Crippen molar-refractivity contribution >= 4 is 5.91 Å². The first-order chi connectivity index (χ1) is 11.8. The highest BCUT2D eigenvalue weighted by Crippen LogP contribution is 2.29. The molecule has 0 bridgehead atoms. The lowest BCUT2D eigenvalue weighted by atomic mass is 10.1. The Bertz CT molecular complexity index is 704.